The minimum absolute atomic E-state index is 0.0637. The zero-order valence-corrected chi connectivity index (χ0v) is 12.7. The molecule has 108 valence electrons. The molecule has 0 aliphatic carbocycles. The summed E-state index contributed by atoms with van der Waals surface area (Å²) in [6.07, 6.45) is 0. The van der Waals surface area contributed by atoms with E-state index in [4.69, 9.17) is 0 Å². The van der Waals surface area contributed by atoms with E-state index < -0.39 is 10.2 Å². The van der Waals surface area contributed by atoms with Crippen LogP contribution in [0.4, 0.5) is 5.69 Å². The summed E-state index contributed by atoms with van der Waals surface area (Å²) in [7, 11) is -3.55. The number of benzene rings is 1. The van der Waals surface area contributed by atoms with Gasteiger partial charge in [-0.25, -0.2) is 0 Å². The smallest absolute Gasteiger partial charge is 0.304 e. The van der Waals surface area contributed by atoms with Gasteiger partial charge in [-0.15, -0.1) is 0 Å². The van der Waals surface area contributed by atoms with Gasteiger partial charge in [-0.1, -0.05) is 19.9 Å². The summed E-state index contributed by atoms with van der Waals surface area (Å²) in [4.78, 5) is 0. The third-order valence-corrected chi connectivity index (χ3v) is 5.24. The Hall–Kier alpha value is -1.27. The highest BCUT2D eigenvalue weighted by Crippen LogP contribution is 2.28. The fourth-order valence-corrected chi connectivity index (χ4v) is 3.72. The lowest BCUT2D eigenvalue weighted by atomic mass is 10.2. The fraction of sp³-hybridized carbons (Fsp3) is 0.538. The van der Waals surface area contributed by atoms with Crippen LogP contribution >= 0.6 is 0 Å². The van der Waals surface area contributed by atoms with Gasteiger partial charge in [0.05, 0.1) is 5.69 Å². The van der Waals surface area contributed by atoms with Crippen molar-refractivity contribution < 1.29 is 13.5 Å². The van der Waals surface area contributed by atoms with Crippen molar-refractivity contribution in [3.05, 3.63) is 23.8 Å². The maximum absolute atomic E-state index is 12.6. The highest BCUT2D eigenvalue weighted by atomic mass is 32.2. The summed E-state index contributed by atoms with van der Waals surface area (Å²) in [6, 6.07) is 4.75. The van der Waals surface area contributed by atoms with Crippen LogP contribution in [0.5, 0.6) is 5.75 Å². The van der Waals surface area contributed by atoms with Crippen LogP contribution in [0.15, 0.2) is 18.2 Å². The van der Waals surface area contributed by atoms with E-state index in [9.17, 15) is 13.5 Å². The number of aromatic hydroxyl groups is 1. The number of rotatable bonds is 6. The zero-order valence-electron chi connectivity index (χ0n) is 11.9. The molecule has 1 N–H and O–H groups in total. The molecule has 0 heterocycles. The van der Waals surface area contributed by atoms with E-state index in [0.717, 1.165) is 5.56 Å². The molecular weight excluding hydrogens is 264 g/mol. The van der Waals surface area contributed by atoms with Crippen LogP contribution in [-0.2, 0) is 10.2 Å². The van der Waals surface area contributed by atoms with Crippen LogP contribution in [0, 0.1) is 6.92 Å². The van der Waals surface area contributed by atoms with Gasteiger partial charge in [0, 0.05) is 25.7 Å². The van der Waals surface area contributed by atoms with E-state index in [0.29, 0.717) is 25.3 Å². The molecular formula is C13H22N2O3S. The topological polar surface area (TPSA) is 60.9 Å². The Morgan fingerprint density at radius 2 is 1.68 bits per heavy atom. The predicted molar refractivity (Wildman–Crippen MR) is 77.7 cm³/mol. The molecule has 1 aromatic rings. The first-order chi connectivity index (χ1) is 8.88. The largest absolute Gasteiger partial charge is 0.508 e. The van der Waals surface area contributed by atoms with Crippen molar-refractivity contribution in [2.24, 2.45) is 0 Å². The Morgan fingerprint density at radius 3 is 2.16 bits per heavy atom. The lowest BCUT2D eigenvalue weighted by Crippen LogP contribution is -2.44. The quantitative estimate of drug-likeness (QED) is 0.871. The lowest BCUT2D eigenvalue weighted by Gasteiger charge is -2.30. The standard InChI is InChI=1S/C13H22N2O3S/c1-5-14(6-2)19(17,18)15(7-3)13-10-12(16)9-8-11(13)4/h8-10,16H,5-7H2,1-4H3. The van der Waals surface area contributed by atoms with Crippen LogP contribution in [0.2, 0.25) is 0 Å². The van der Waals surface area contributed by atoms with Gasteiger partial charge in [0.2, 0.25) is 0 Å². The first-order valence-corrected chi connectivity index (χ1v) is 7.85. The van der Waals surface area contributed by atoms with Crippen LogP contribution in [0.1, 0.15) is 26.3 Å². The fourth-order valence-electron chi connectivity index (χ4n) is 2.01. The Kier molecular flexibility index (Phi) is 5.20. The van der Waals surface area contributed by atoms with Gasteiger partial charge in [-0.3, -0.25) is 4.31 Å². The molecule has 5 nitrogen and oxygen atoms in total. The molecule has 0 spiro atoms. The molecule has 0 saturated heterocycles. The highest BCUT2D eigenvalue weighted by Gasteiger charge is 2.27. The number of hydrogen-bond acceptors (Lipinski definition) is 3. The van der Waals surface area contributed by atoms with Gasteiger partial charge in [-0.2, -0.15) is 12.7 Å². The minimum atomic E-state index is -3.55. The number of nitrogens with zero attached hydrogens (tertiary/aromatic N) is 2. The van der Waals surface area contributed by atoms with Crippen LogP contribution in [0.25, 0.3) is 0 Å². The van der Waals surface area contributed by atoms with Crippen LogP contribution < -0.4 is 4.31 Å². The highest BCUT2D eigenvalue weighted by molar-refractivity contribution is 7.90. The Morgan fingerprint density at radius 1 is 1.11 bits per heavy atom. The Labute approximate surface area is 115 Å². The predicted octanol–water partition coefficient (Wildman–Crippen LogP) is 2.11. The second-order valence-corrected chi connectivity index (χ2v) is 6.08. The van der Waals surface area contributed by atoms with Crippen molar-refractivity contribution in [2.75, 3.05) is 23.9 Å². The maximum Gasteiger partial charge on any atom is 0.304 e. The van der Waals surface area contributed by atoms with Gasteiger partial charge < -0.3 is 5.11 Å². The molecule has 0 aliphatic heterocycles. The molecule has 1 rings (SSSR count). The van der Waals surface area contributed by atoms with E-state index in [1.54, 1.807) is 19.1 Å². The second kappa shape index (κ2) is 6.25. The molecule has 0 aromatic heterocycles. The molecule has 1 aromatic carbocycles. The molecule has 19 heavy (non-hydrogen) atoms. The van der Waals surface area contributed by atoms with Crippen molar-refractivity contribution in [1.29, 1.82) is 0 Å². The Bertz CT molecular complexity index is 525. The third-order valence-electron chi connectivity index (χ3n) is 3.06. The summed E-state index contributed by atoms with van der Waals surface area (Å²) in [6.45, 7) is 8.40. The number of phenols is 1. The van der Waals surface area contributed by atoms with Crippen molar-refractivity contribution in [3.8, 4) is 5.75 Å². The van der Waals surface area contributed by atoms with E-state index in [2.05, 4.69) is 0 Å². The van der Waals surface area contributed by atoms with E-state index in [-0.39, 0.29) is 5.75 Å². The average molecular weight is 286 g/mol. The summed E-state index contributed by atoms with van der Waals surface area (Å²) in [5, 5.41) is 9.57. The van der Waals surface area contributed by atoms with Gasteiger partial charge in [0.15, 0.2) is 0 Å². The van der Waals surface area contributed by atoms with E-state index in [1.165, 1.54) is 14.7 Å². The average Bonchev–Trinajstić information content (AvgIpc) is 2.35. The lowest BCUT2D eigenvalue weighted by molar-refractivity contribution is 0.442. The van der Waals surface area contributed by atoms with Gasteiger partial charge in [0.25, 0.3) is 0 Å². The number of anilines is 1. The minimum Gasteiger partial charge on any atom is -0.508 e. The molecule has 6 heteroatoms. The van der Waals surface area contributed by atoms with Crippen LogP contribution in [0.3, 0.4) is 0 Å². The molecule has 0 saturated carbocycles. The van der Waals surface area contributed by atoms with Crippen molar-refractivity contribution in [2.45, 2.75) is 27.7 Å². The summed E-state index contributed by atoms with van der Waals surface area (Å²) < 4.78 is 27.8. The molecule has 0 radical (unpaired) electrons. The van der Waals surface area contributed by atoms with Crippen molar-refractivity contribution in [3.63, 3.8) is 0 Å². The van der Waals surface area contributed by atoms with E-state index in [1.807, 2.05) is 20.8 Å². The van der Waals surface area contributed by atoms with Crippen molar-refractivity contribution in [1.82, 2.24) is 4.31 Å². The molecule has 0 fully saturated rings. The summed E-state index contributed by atoms with van der Waals surface area (Å²) in [5.74, 6) is 0.0637. The molecule has 0 unspecified atom stereocenters. The van der Waals surface area contributed by atoms with Gasteiger partial charge in [-0.05, 0) is 25.5 Å². The number of phenolic OH excluding ortho intramolecular Hbond substituents is 1. The molecule has 0 atom stereocenters. The zero-order chi connectivity index (χ0) is 14.6. The second-order valence-electron chi connectivity index (χ2n) is 4.23. The van der Waals surface area contributed by atoms with Crippen LogP contribution in [-0.4, -0.2) is 37.5 Å². The normalized spacial score (nSPS) is 11.8. The van der Waals surface area contributed by atoms with Gasteiger partial charge in [0.1, 0.15) is 5.75 Å². The Balaban J connectivity index is 3.31. The first kappa shape index (κ1) is 15.8. The number of hydrogen-bond donors (Lipinski definition) is 1. The van der Waals surface area contributed by atoms with Gasteiger partial charge >= 0.3 is 10.2 Å². The third kappa shape index (κ3) is 3.19. The van der Waals surface area contributed by atoms with E-state index >= 15 is 0 Å². The maximum atomic E-state index is 12.6. The summed E-state index contributed by atoms with van der Waals surface area (Å²) >= 11 is 0. The SMILES string of the molecule is CCN(CC)S(=O)(=O)N(CC)c1cc(O)ccc1C. The first-order valence-electron chi connectivity index (χ1n) is 6.45. The monoisotopic (exact) mass is 286 g/mol. The molecule has 0 aliphatic rings. The van der Waals surface area contributed by atoms with Crippen molar-refractivity contribution >= 4 is 15.9 Å². The summed E-state index contributed by atoms with van der Waals surface area (Å²) in [5.41, 5.74) is 1.34. The number of aryl methyl sites for hydroxylation is 1. The molecule has 0 amide bonds. The molecule has 0 bridgehead atoms.